The van der Waals surface area contributed by atoms with Crippen LogP contribution in [0.4, 0.5) is 5.69 Å². The summed E-state index contributed by atoms with van der Waals surface area (Å²) in [6.45, 7) is 11.2. The third kappa shape index (κ3) is 5.59. The molecule has 0 unspecified atom stereocenters. The number of carbonyl (C=O) groups excluding carboxylic acids is 1. The predicted molar refractivity (Wildman–Crippen MR) is 210 cm³/mol. The molecule has 0 radical (unpaired) electrons. The molecule has 11 nitrogen and oxygen atoms in total. The van der Waals surface area contributed by atoms with Gasteiger partial charge >= 0.3 is 0 Å². The summed E-state index contributed by atoms with van der Waals surface area (Å²) in [6, 6.07) is 14.0. The van der Waals surface area contributed by atoms with Crippen molar-refractivity contribution in [1.29, 1.82) is 0 Å². The highest BCUT2D eigenvalue weighted by Gasteiger charge is 2.37. The van der Waals surface area contributed by atoms with Crippen LogP contribution < -0.4 is 9.64 Å². The average molecular weight is 751 g/mol. The maximum atomic E-state index is 15.2. The zero-order valence-corrected chi connectivity index (χ0v) is 32.6. The van der Waals surface area contributed by atoms with Crippen molar-refractivity contribution in [2.24, 2.45) is 21.1 Å². The first-order chi connectivity index (χ1) is 25.3. The molecule has 1 aliphatic rings. The molecule has 8 rings (SSSR count). The van der Waals surface area contributed by atoms with Crippen molar-refractivity contribution in [2.75, 3.05) is 18.1 Å². The van der Waals surface area contributed by atoms with Crippen molar-refractivity contribution in [3.63, 3.8) is 0 Å². The Morgan fingerprint density at radius 1 is 0.925 bits per heavy atom. The second-order valence-electron chi connectivity index (χ2n) is 14.3. The number of fused-ring (bicyclic) bond motifs is 4. The lowest BCUT2D eigenvalue weighted by atomic mass is 9.98. The molecule has 0 N–H and O–H groups in total. The first-order valence-electron chi connectivity index (χ1n) is 17.7. The summed E-state index contributed by atoms with van der Waals surface area (Å²) in [5.74, 6) is 1.38. The molecule has 1 aliphatic heterocycles. The van der Waals surface area contributed by atoms with Crippen LogP contribution in [0.3, 0.4) is 0 Å². The highest BCUT2D eigenvalue weighted by Crippen LogP contribution is 2.46. The topological polar surface area (TPSA) is 101 Å². The molecule has 1 atom stereocenters. The molecule has 0 saturated heterocycles. The van der Waals surface area contributed by atoms with Crippen LogP contribution in [0.5, 0.6) is 5.75 Å². The summed E-state index contributed by atoms with van der Waals surface area (Å²) in [5, 5.41) is 20.2. The van der Waals surface area contributed by atoms with Gasteiger partial charge in [0.05, 0.1) is 28.5 Å². The molecule has 0 spiro atoms. The summed E-state index contributed by atoms with van der Waals surface area (Å²) in [4.78, 5) is 17.1. The van der Waals surface area contributed by atoms with Crippen LogP contribution >= 0.6 is 23.2 Å². The van der Waals surface area contributed by atoms with Crippen LogP contribution in [0.15, 0.2) is 48.7 Å². The van der Waals surface area contributed by atoms with E-state index in [9.17, 15) is 0 Å². The van der Waals surface area contributed by atoms with E-state index in [4.69, 9.17) is 33.0 Å². The Balaban J connectivity index is 1.27. The number of benzene rings is 3. The number of ether oxygens (including phenoxy) is 1. The number of aryl methyl sites for hydroxylation is 7. The van der Waals surface area contributed by atoms with E-state index in [1.807, 2.05) is 82.0 Å². The Labute approximate surface area is 317 Å². The molecular weight excluding hydrogens is 709 g/mol. The van der Waals surface area contributed by atoms with Crippen molar-refractivity contribution in [3.8, 4) is 28.3 Å². The van der Waals surface area contributed by atoms with Gasteiger partial charge in [-0.3, -0.25) is 9.48 Å². The van der Waals surface area contributed by atoms with E-state index >= 15 is 4.79 Å². The molecule has 7 aromatic rings. The van der Waals surface area contributed by atoms with Gasteiger partial charge < -0.3 is 18.8 Å². The number of hydrogen-bond donors (Lipinski definition) is 0. The SMILES string of the molecule is Cc1cc(OCCCc2c3n(c4c(-c5c(C)nn(C)c5C)c(Cl)ccc24)[C@H](C)CN(c2cn(C)c4ccc(-c5nnnn5C)cc24)C3=O)cc(C)c1Cl. The molecular formula is C40H41Cl2N9O2. The number of carbonyl (C=O) groups is 1. The number of hydrogen-bond acceptors (Lipinski definition) is 6. The maximum Gasteiger partial charge on any atom is 0.275 e. The van der Waals surface area contributed by atoms with Gasteiger partial charge in [-0.25, -0.2) is 4.68 Å². The molecule has 53 heavy (non-hydrogen) atoms. The zero-order valence-electron chi connectivity index (χ0n) is 31.1. The van der Waals surface area contributed by atoms with Crippen LogP contribution in [0, 0.1) is 27.7 Å². The summed E-state index contributed by atoms with van der Waals surface area (Å²) in [7, 11) is 5.77. The van der Waals surface area contributed by atoms with Gasteiger partial charge in [-0.05, 0) is 111 Å². The largest absolute Gasteiger partial charge is 0.494 e. The quantitative estimate of drug-likeness (QED) is 0.145. The molecule has 0 fully saturated rings. The molecule has 13 heteroatoms. The van der Waals surface area contributed by atoms with E-state index in [-0.39, 0.29) is 11.9 Å². The second-order valence-corrected chi connectivity index (χ2v) is 15.0. The van der Waals surface area contributed by atoms with Gasteiger partial charge in [0.15, 0.2) is 5.82 Å². The predicted octanol–water partition coefficient (Wildman–Crippen LogP) is 8.50. The number of rotatable bonds is 8. The van der Waals surface area contributed by atoms with Crippen LogP contribution in [0.2, 0.25) is 10.0 Å². The Bertz CT molecular complexity index is 2590. The van der Waals surface area contributed by atoms with Gasteiger partial charge in [0.2, 0.25) is 0 Å². The molecule has 272 valence electrons. The number of amides is 1. The van der Waals surface area contributed by atoms with Crippen LogP contribution in [-0.4, -0.2) is 58.2 Å². The Hall–Kier alpha value is -5.13. The van der Waals surface area contributed by atoms with Crippen molar-refractivity contribution in [2.45, 2.75) is 53.5 Å². The highest BCUT2D eigenvalue weighted by atomic mass is 35.5. The zero-order chi connectivity index (χ0) is 37.5. The molecule has 5 heterocycles. The smallest absolute Gasteiger partial charge is 0.275 e. The van der Waals surface area contributed by atoms with Crippen LogP contribution in [0.1, 0.15) is 58.0 Å². The van der Waals surface area contributed by atoms with E-state index in [0.717, 1.165) is 83.0 Å². The van der Waals surface area contributed by atoms with E-state index in [1.54, 1.807) is 4.68 Å². The molecule has 4 aromatic heterocycles. The fourth-order valence-electron chi connectivity index (χ4n) is 8.14. The monoisotopic (exact) mass is 749 g/mol. The van der Waals surface area contributed by atoms with E-state index < -0.39 is 0 Å². The first-order valence-corrected chi connectivity index (χ1v) is 18.5. The van der Waals surface area contributed by atoms with Crippen molar-refractivity contribution in [3.05, 3.63) is 92.5 Å². The van der Waals surface area contributed by atoms with E-state index in [0.29, 0.717) is 42.5 Å². The molecule has 1 amide bonds. The minimum Gasteiger partial charge on any atom is -0.494 e. The van der Waals surface area contributed by atoms with Gasteiger partial charge in [-0.1, -0.05) is 29.3 Å². The number of nitrogens with zero attached hydrogens (tertiary/aromatic N) is 9. The molecule has 0 aliphatic carbocycles. The third-order valence-electron chi connectivity index (χ3n) is 10.7. The Kier molecular flexibility index (Phi) is 8.61. The lowest BCUT2D eigenvalue weighted by Gasteiger charge is -2.34. The summed E-state index contributed by atoms with van der Waals surface area (Å²) < 4.78 is 14.1. The molecule has 0 bridgehead atoms. The fourth-order valence-corrected chi connectivity index (χ4v) is 8.49. The number of aromatic nitrogens is 8. The summed E-state index contributed by atoms with van der Waals surface area (Å²) >= 11 is 13.5. The second kappa shape index (κ2) is 13.1. The van der Waals surface area contributed by atoms with Crippen LogP contribution in [-0.2, 0) is 27.6 Å². The first kappa shape index (κ1) is 34.9. The van der Waals surface area contributed by atoms with Gasteiger partial charge in [-0.15, -0.1) is 5.10 Å². The van der Waals surface area contributed by atoms with E-state index in [2.05, 4.69) is 56.7 Å². The Morgan fingerprint density at radius 3 is 2.36 bits per heavy atom. The number of anilines is 1. The normalized spacial score (nSPS) is 14.6. The molecule has 3 aromatic carbocycles. The van der Waals surface area contributed by atoms with Gasteiger partial charge in [0.1, 0.15) is 11.4 Å². The highest BCUT2D eigenvalue weighted by molar-refractivity contribution is 6.35. The van der Waals surface area contributed by atoms with E-state index in [1.165, 1.54) is 0 Å². The van der Waals surface area contributed by atoms with Crippen LogP contribution in [0.25, 0.3) is 44.3 Å². The van der Waals surface area contributed by atoms with Gasteiger partial charge in [0.25, 0.3) is 5.91 Å². The minimum absolute atomic E-state index is 0.0564. The number of halogens is 2. The fraction of sp³-hybridized carbons (Fsp3) is 0.325. The van der Waals surface area contributed by atoms with Gasteiger partial charge in [0, 0.05) is 83.6 Å². The van der Waals surface area contributed by atoms with Crippen molar-refractivity contribution < 1.29 is 9.53 Å². The van der Waals surface area contributed by atoms with Crippen molar-refractivity contribution >= 4 is 56.6 Å². The average Bonchev–Trinajstić information content (AvgIpc) is 3.86. The Morgan fingerprint density at radius 2 is 1.68 bits per heavy atom. The molecule has 0 saturated carbocycles. The lowest BCUT2D eigenvalue weighted by Crippen LogP contribution is -2.42. The summed E-state index contributed by atoms with van der Waals surface area (Å²) in [5.41, 5.74) is 11.1. The lowest BCUT2D eigenvalue weighted by molar-refractivity contribution is 0.0957. The third-order valence-corrected chi connectivity index (χ3v) is 11.6. The standard InChI is InChI=1S/C40H41Cl2N9O2/c1-21-16-27(17-22(2)36(21)42)53-15-9-10-28-29-12-13-31(41)35(34-24(4)44-48(7)25(34)5)37(29)51-23(3)19-50(40(52)38(28)51)33-20-47(6)32-14-11-26(18-30(32)33)39-43-45-46-49(39)8/h11-14,16-18,20,23H,9-10,15,19H2,1-8H3/t23-/m1/s1. The maximum absolute atomic E-state index is 15.2. The minimum atomic E-state index is -0.0777. The number of tetrazole rings is 1. The van der Waals surface area contributed by atoms with Crippen molar-refractivity contribution in [1.82, 2.24) is 39.1 Å². The summed E-state index contributed by atoms with van der Waals surface area (Å²) in [6.07, 6.45) is 3.36. The van der Waals surface area contributed by atoms with Gasteiger partial charge in [-0.2, -0.15) is 5.10 Å².